The van der Waals surface area contributed by atoms with Crippen LogP contribution in [0, 0.1) is 0 Å². The highest BCUT2D eigenvalue weighted by molar-refractivity contribution is 4.69. The van der Waals surface area contributed by atoms with Crippen LogP contribution in [0.1, 0.15) is 19.3 Å². The van der Waals surface area contributed by atoms with Gasteiger partial charge < -0.3 is 15.3 Å². The summed E-state index contributed by atoms with van der Waals surface area (Å²) in [7, 11) is 0. The number of aliphatic hydroxyl groups is 1. The molecule has 0 aromatic carbocycles. The Kier molecular flexibility index (Phi) is 5.51. The zero-order chi connectivity index (χ0) is 12.0. The first-order chi connectivity index (χ1) is 7.50. The minimum Gasteiger partial charge on any atom is -0.382 e. The largest absolute Gasteiger partial charge is 0.415 e. The van der Waals surface area contributed by atoms with Crippen LogP contribution in [0.25, 0.3) is 0 Å². The van der Waals surface area contributed by atoms with E-state index < -0.39 is 18.8 Å². The van der Waals surface area contributed by atoms with Gasteiger partial charge in [-0.3, -0.25) is 0 Å². The number of nitrogens with zero attached hydrogens (tertiary/aromatic N) is 1. The van der Waals surface area contributed by atoms with Crippen molar-refractivity contribution >= 4 is 0 Å². The molecule has 6 heteroatoms. The van der Waals surface area contributed by atoms with Crippen LogP contribution in [-0.2, 0) is 0 Å². The zero-order valence-corrected chi connectivity index (χ0v) is 9.26. The van der Waals surface area contributed by atoms with Crippen LogP contribution < -0.4 is 5.32 Å². The molecule has 2 N–H and O–H groups in total. The summed E-state index contributed by atoms with van der Waals surface area (Å²) in [5.74, 6) is 0. The Balaban J connectivity index is 1.95. The van der Waals surface area contributed by atoms with Gasteiger partial charge in [0.2, 0.25) is 0 Å². The summed E-state index contributed by atoms with van der Waals surface area (Å²) >= 11 is 0. The molecule has 1 saturated heterocycles. The average Bonchev–Trinajstić information content (AvgIpc) is 2.68. The molecular weight excluding hydrogens is 221 g/mol. The summed E-state index contributed by atoms with van der Waals surface area (Å²) in [4.78, 5) is 2.31. The summed E-state index contributed by atoms with van der Waals surface area (Å²) in [5.41, 5.74) is 0. The third-order valence-corrected chi connectivity index (χ3v) is 2.74. The second-order valence-corrected chi connectivity index (χ2v) is 4.16. The van der Waals surface area contributed by atoms with E-state index in [2.05, 4.69) is 10.2 Å². The second kappa shape index (κ2) is 6.42. The number of alkyl halides is 3. The molecule has 0 bridgehead atoms. The molecule has 1 rings (SSSR count). The lowest BCUT2D eigenvalue weighted by molar-refractivity contribution is -0.201. The first-order valence-electron chi connectivity index (χ1n) is 5.68. The van der Waals surface area contributed by atoms with E-state index >= 15 is 0 Å². The highest BCUT2D eigenvalue weighted by atomic mass is 19.4. The van der Waals surface area contributed by atoms with Crippen LogP contribution in [0.15, 0.2) is 0 Å². The van der Waals surface area contributed by atoms with E-state index in [-0.39, 0.29) is 0 Å². The predicted molar refractivity (Wildman–Crippen MR) is 55.2 cm³/mol. The molecule has 0 aliphatic carbocycles. The van der Waals surface area contributed by atoms with Crippen molar-refractivity contribution in [1.29, 1.82) is 0 Å². The molecule has 1 fully saturated rings. The van der Waals surface area contributed by atoms with Crippen molar-refractivity contribution in [3.63, 3.8) is 0 Å². The van der Waals surface area contributed by atoms with Gasteiger partial charge in [-0.25, -0.2) is 0 Å². The molecule has 1 atom stereocenters. The highest BCUT2D eigenvalue weighted by Crippen LogP contribution is 2.19. The third kappa shape index (κ3) is 5.14. The first kappa shape index (κ1) is 13.7. The lowest BCUT2D eigenvalue weighted by Crippen LogP contribution is -2.39. The number of rotatable bonds is 6. The van der Waals surface area contributed by atoms with Crippen molar-refractivity contribution < 1.29 is 18.3 Å². The summed E-state index contributed by atoms with van der Waals surface area (Å²) in [6, 6.07) is 0. The average molecular weight is 240 g/mol. The van der Waals surface area contributed by atoms with Crippen molar-refractivity contribution in [3.8, 4) is 0 Å². The highest BCUT2D eigenvalue weighted by Gasteiger charge is 2.37. The van der Waals surface area contributed by atoms with Gasteiger partial charge in [0.05, 0.1) is 0 Å². The number of halogens is 3. The Morgan fingerprint density at radius 2 is 1.88 bits per heavy atom. The standard InChI is InChI=1S/C10H19F3N2O/c11-10(12,13)9(16)8-14-4-3-7-15-5-1-2-6-15/h9,14,16H,1-8H2. The molecule has 96 valence electrons. The number of aliphatic hydroxyl groups excluding tert-OH is 1. The second-order valence-electron chi connectivity index (χ2n) is 4.16. The lowest BCUT2D eigenvalue weighted by Gasteiger charge is -2.16. The van der Waals surface area contributed by atoms with E-state index in [9.17, 15) is 13.2 Å². The lowest BCUT2D eigenvalue weighted by atomic mass is 10.3. The zero-order valence-electron chi connectivity index (χ0n) is 9.26. The van der Waals surface area contributed by atoms with Gasteiger partial charge >= 0.3 is 6.18 Å². The number of nitrogens with one attached hydrogen (secondary N) is 1. The maximum atomic E-state index is 11.9. The van der Waals surface area contributed by atoms with Crippen LogP contribution in [0.4, 0.5) is 13.2 Å². The summed E-state index contributed by atoms with van der Waals surface area (Å²) in [6.07, 6.45) is -3.49. The predicted octanol–water partition coefficient (Wildman–Crippen LogP) is 0.985. The molecule has 0 aromatic rings. The van der Waals surface area contributed by atoms with Gasteiger partial charge in [-0.2, -0.15) is 13.2 Å². The summed E-state index contributed by atoms with van der Waals surface area (Å²) < 4.78 is 35.7. The van der Waals surface area contributed by atoms with Crippen LogP contribution in [0.2, 0.25) is 0 Å². The van der Waals surface area contributed by atoms with Crippen LogP contribution in [0.5, 0.6) is 0 Å². The quantitative estimate of drug-likeness (QED) is 0.679. The third-order valence-electron chi connectivity index (χ3n) is 2.74. The Morgan fingerprint density at radius 1 is 1.25 bits per heavy atom. The molecule has 0 spiro atoms. The van der Waals surface area contributed by atoms with Crippen LogP contribution >= 0.6 is 0 Å². The Labute approximate surface area is 93.6 Å². The normalized spacial score (nSPS) is 20.2. The van der Waals surface area contributed by atoms with Crippen molar-refractivity contribution in [2.45, 2.75) is 31.5 Å². The molecule has 16 heavy (non-hydrogen) atoms. The molecule has 1 aliphatic rings. The molecule has 0 amide bonds. The van der Waals surface area contributed by atoms with E-state index in [4.69, 9.17) is 5.11 Å². The van der Waals surface area contributed by atoms with Gasteiger partial charge in [0.15, 0.2) is 6.10 Å². The Hall–Kier alpha value is -0.330. The number of hydrogen-bond acceptors (Lipinski definition) is 3. The van der Waals surface area contributed by atoms with Gasteiger partial charge in [0.25, 0.3) is 0 Å². The topological polar surface area (TPSA) is 35.5 Å². The fourth-order valence-electron chi connectivity index (χ4n) is 1.79. The maximum absolute atomic E-state index is 11.9. The molecule has 1 unspecified atom stereocenters. The van der Waals surface area contributed by atoms with Crippen LogP contribution in [-0.4, -0.2) is 55.0 Å². The molecule has 0 aromatic heterocycles. The minimum atomic E-state index is -4.51. The fraction of sp³-hybridized carbons (Fsp3) is 1.00. The van der Waals surface area contributed by atoms with E-state index in [0.717, 1.165) is 26.1 Å². The van der Waals surface area contributed by atoms with Gasteiger partial charge in [0, 0.05) is 6.54 Å². The van der Waals surface area contributed by atoms with Crippen molar-refractivity contribution in [2.24, 2.45) is 0 Å². The molecule has 0 radical (unpaired) electrons. The molecule has 3 nitrogen and oxygen atoms in total. The monoisotopic (exact) mass is 240 g/mol. The molecule has 0 saturated carbocycles. The van der Waals surface area contributed by atoms with Crippen molar-refractivity contribution in [3.05, 3.63) is 0 Å². The van der Waals surface area contributed by atoms with Gasteiger partial charge in [-0.15, -0.1) is 0 Å². The van der Waals surface area contributed by atoms with Crippen LogP contribution in [0.3, 0.4) is 0 Å². The Bertz CT molecular complexity index is 193. The Morgan fingerprint density at radius 3 is 2.44 bits per heavy atom. The van der Waals surface area contributed by atoms with Gasteiger partial charge in [0.1, 0.15) is 0 Å². The van der Waals surface area contributed by atoms with E-state index in [1.807, 2.05) is 0 Å². The van der Waals surface area contributed by atoms with E-state index in [0.29, 0.717) is 6.54 Å². The summed E-state index contributed by atoms with van der Waals surface area (Å²) in [6.45, 7) is 3.23. The SMILES string of the molecule is OC(CNCCCN1CCCC1)C(F)(F)F. The van der Waals surface area contributed by atoms with Gasteiger partial charge in [-0.05, 0) is 45.4 Å². The van der Waals surface area contributed by atoms with Crippen molar-refractivity contribution in [1.82, 2.24) is 10.2 Å². The maximum Gasteiger partial charge on any atom is 0.415 e. The van der Waals surface area contributed by atoms with E-state index in [1.54, 1.807) is 0 Å². The minimum absolute atomic E-state index is 0.413. The molecule has 1 aliphatic heterocycles. The summed E-state index contributed by atoms with van der Waals surface area (Å²) in [5, 5.41) is 11.3. The first-order valence-corrected chi connectivity index (χ1v) is 5.68. The molecule has 1 heterocycles. The van der Waals surface area contributed by atoms with Crippen molar-refractivity contribution in [2.75, 3.05) is 32.7 Å². The van der Waals surface area contributed by atoms with Gasteiger partial charge in [-0.1, -0.05) is 0 Å². The smallest absolute Gasteiger partial charge is 0.382 e. The molecular formula is C10H19F3N2O. The fourth-order valence-corrected chi connectivity index (χ4v) is 1.79. The number of likely N-dealkylation sites (tertiary alicyclic amines) is 1. The number of hydrogen-bond donors (Lipinski definition) is 2. The van der Waals surface area contributed by atoms with E-state index in [1.165, 1.54) is 12.8 Å².